The van der Waals surface area contributed by atoms with Gasteiger partial charge in [0.25, 0.3) is 5.91 Å². The van der Waals surface area contributed by atoms with Gasteiger partial charge in [0.2, 0.25) is 0 Å². The Kier molecular flexibility index (Phi) is 7.44. The van der Waals surface area contributed by atoms with E-state index in [9.17, 15) is 4.79 Å². The van der Waals surface area contributed by atoms with Crippen molar-refractivity contribution >= 4 is 11.6 Å². The lowest BCUT2D eigenvalue weighted by molar-refractivity contribution is -0.118. The first kappa shape index (κ1) is 25.0. The number of para-hydroxylation sites is 1. The minimum atomic E-state index is -0.226. The van der Waals surface area contributed by atoms with E-state index in [4.69, 9.17) is 14.0 Å². The van der Waals surface area contributed by atoms with Crippen LogP contribution in [-0.4, -0.2) is 17.7 Å². The zero-order chi connectivity index (χ0) is 25.7. The first-order valence-corrected chi connectivity index (χ1v) is 12.0. The molecule has 0 aliphatic carbocycles. The van der Waals surface area contributed by atoms with Crippen molar-refractivity contribution in [2.45, 2.75) is 46.6 Å². The number of carbonyl (C=O) groups excluding carboxylic acids is 1. The van der Waals surface area contributed by atoms with E-state index in [0.29, 0.717) is 17.2 Å². The quantitative estimate of drug-likeness (QED) is 0.296. The SMILES string of the molecule is Cc1cccc(C)c1OCC(=O)Nc1ccc(OCc2cc(-c3ccc(C(C)(C)C)cc3)no2)cc1. The zero-order valence-electron chi connectivity index (χ0n) is 21.4. The normalized spacial score (nSPS) is 11.2. The molecule has 0 fully saturated rings. The minimum Gasteiger partial charge on any atom is -0.486 e. The van der Waals surface area contributed by atoms with Crippen molar-refractivity contribution in [1.82, 2.24) is 5.16 Å². The second-order valence-corrected chi connectivity index (χ2v) is 9.88. The smallest absolute Gasteiger partial charge is 0.262 e. The van der Waals surface area contributed by atoms with Crippen molar-refractivity contribution in [3.63, 3.8) is 0 Å². The average Bonchev–Trinajstić information content (AvgIpc) is 3.32. The average molecular weight is 485 g/mol. The molecule has 4 aromatic rings. The van der Waals surface area contributed by atoms with Crippen LogP contribution in [0.15, 0.2) is 77.3 Å². The largest absolute Gasteiger partial charge is 0.486 e. The highest BCUT2D eigenvalue weighted by Crippen LogP contribution is 2.27. The Morgan fingerprint density at radius 3 is 2.22 bits per heavy atom. The Morgan fingerprint density at radius 2 is 1.58 bits per heavy atom. The Hall–Kier alpha value is -4.06. The van der Waals surface area contributed by atoms with Crippen LogP contribution >= 0.6 is 0 Å². The van der Waals surface area contributed by atoms with Crippen molar-refractivity contribution < 1.29 is 18.8 Å². The number of ether oxygens (including phenoxy) is 2. The van der Waals surface area contributed by atoms with Crippen molar-refractivity contribution in [3.8, 4) is 22.8 Å². The van der Waals surface area contributed by atoms with Gasteiger partial charge in [-0.05, 0) is 60.2 Å². The van der Waals surface area contributed by atoms with E-state index < -0.39 is 0 Å². The fraction of sp³-hybridized carbons (Fsp3) is 0.267. The van der Waals surface area contributed by atoms with E-state index in [-0.39, 0.29) is 24.5 Å². The van der Waals surface area contributed by atoms with Gasteiger partial charge in [-0.2, -0.15) is 0 Å². The Balaban J connectivity index is 1.27. The molecule has 0 saturated carbocycles. The third kappa shape index (κ3) is 6.33. The third-order valence-electron chi connectivity index (χ3n) is 5.88. The Labute approximate surface area is 212 Å². The standard InChI is InChI=1S/C30H32N2O4/c1-20-7-6-8-21(2)29(20)35-19-28(33)31-24-13-15-25(16-14-24)34-18-26-17-27(32-36-26)22-9-11-23(12-10-22)30(3,4)5/h6-17H,18-19H2,1-5H3,(H,31,33). The van der Waals surface area contributed by atoms with Crippen LogP contribution in [0.25, 0.3) is 11.3 Å². The van der Waals surface area contributed by atoms with Crippen LogP contribution in [0.3, 0.4) is 0 Å². The summed E-state index contributed by atoms with van der Waals surface area (Å²) < 4.78 is 17.0. The van der Waals surface area contributed by atoms with Crippen LogP contribution in [0.2, 0.25) is 0 Å². The van der Waals surface area contributed by atoms with Crippen LogP contribution in [0.5, 0.6) is 11.5 Å². The molecule has 1 aromatic heterocycles. The van der Waals surface area contributed by atoms with Gasteiger partial charge < -0.3 is 19.3 Å². The molecule has 1 amide bonds. The van der Waals surface area contributed by atoms with Crippen LogP contribution in [0, 0.1) is 13.8 Å². The Morgan fingerprint density at radius 1 is 0.917 bits per heavy atom. The van der Waals surface area contributed by atoms with E-state index in [1.165, 1.54) is 5.56 Å². The maximum absolute atomic E-state index is 12.3. The number of rotatable bonds is 8. The van der Waals surface area contributed by atoms with Crippen molar-refractivity contribution in [2.24, 2.45) is 0 Å². The monoisotopic (exact) mass is 484 g/mol. The molecule has 1 heterocycles. The lowest BCUT2D eigenvalue weighted by atomic mass is 9.86. The summed E-state index contributed by atoms with van der Waals surface area (Å²) in [6.45, 7) is 10.7. The van der Waals surface area contributed by atoms with E-state index in [1.807, 2.05) is 38.1 Å². The molecule has 6 heteroatoms. The summed E-state index contributed by atoms with van der Waals surface area (Å²) in [5, 5.41) is 7.01. The zero-order valence-corrected chi connectivity index (χ0v) is 21.4. The molecular weight excluding hydrogens is 452 g/mol. The number of anilines is 1. The number of nitrogens with one attached hydrogen (secondary N) is 1. The van der Waals surface area contributed by atoms with E-state index >= 15 is 0 Å². The summed E-state index contributed by atoms with van der Waals surface area (Å²) in [5.74, 6) is 1.81. The maximum Gasteiger partial charge on any atom is 0.262 e. The van der Waals surface area contributed by atoms with Gasteiger partial charge in [-0.1, -0.05) is 68.4 Å². The maximum atomic E-state index is 12.3. The molecule has 0 spiro atoms. The van der Waals surface area contributed by atoms with Crippen molar-refractivity contribution in [1.29, 1.82) is 0 Å². The van der Waals surface area contributed by atoms with Crippen LogP contribution in [-0.2, 0) is 16.8 Å². The number of aromatic nitrogens is 1. The number of benzene rings is 3. The molecule has 3 aromatic carbocycles. The van der Waals surface area contributed by atoms with Crippen molar-refractivity contribution in [3.05, 3.63) is 95.2 Å². The topological polar surface area (TPSA) is 73.6 Å². The lowest BCUT2D eigenvalue weighted by Gasteiger charge is -2.18. The highest BCUT2D eigenvalue weighted by molar-refractivity contribution is 5.91. The lowest BCUT2D eigenvalue weighted by Crippen LogP contribution is -2.20. The van der Waals surface area contributed by atoms with Gasteiger partial charge in [-0.25, -0.2) is 0 Å². The fourth-order valence-corrected chi connectivity index (χ4v) is 3.81. The molecular formula is C30H32N2O4. The van der Waals surface area contributed by atoms with E-state index in [0.717, 1.165) is 28.1 Å². The third-order valence-corrected chi connectivity index (χ3v) is 5.88. The summed E-state index contributed by atoms with van der Waals surface area (Å²) in [7, 11) is 0. The first-order valence-electron chi connectivity index (χ1n) is 12.0. The predicted molar refractivity (Wildman–Crippen MR) is 141 cm³/mol. The molecule has 0 aliphatic heterocycles. The van der Waals surface area contributed by atoms with Gasteiger partial charge in [0.05, 0.1) is 0 Å². The van der Waals surface area contributed by atoms with E-state index in [1.54, 1.807) is 24.3 Å². The van der Waals surface area contributed by atoms with Gasteiger partial charge in [-0.15, -0.1) is 0 Å². The van der Waals surface area contributed by atoms with Gasteiger partial charge >= 0.3 is 0 Å². The predicted octanol–water partition coefficient (Wildman–Crippen LogP) is 6.85. The molecule has 0 aliphatic rings. The minimum absolute atomic E-state index is 0.0588. The number of aryl methyl sites for hydroxylation is 2. The number of hydrogen-bond donors (Lipinski definition) is 1. The second-order valence-electron chi connectivity index (χ2n) is 9.88. The molecule has 6 nitrogen and oxygen atoms in total. The summed E-state index contributed by atoms with van der Waals surface area (Å²) in [5.41, 5.74) is 5.82. The fourth-order valence-electron chi connectivity index (χ4n) is 3.81. The number of nitrogens with zero attached hydrogens (tertiary/aromatic N) is 1. The number of hydrogen-bond acceptors (Lipinski definition) is 5. The molecule has 4 rings (SSSR count). The molecule has 0 bridgehead atoms. The number of amides is 1. The summed E-state index contributed by atoms with van der Waals surface area (Å²) in [4.78, 5) is 12.3. The summed E-state index contributed by atoms with van der Waals surface area (Å²) >= 11 is 0. The van der Waals surface area contributed by atoms with Gasteiger partial charge in [-0.3, -0.25) is 4.79 Å². The molecule has 0 atom stereocenters. The van der Waals surface area contributed by atoms with Gasteiger partial charge in [0.1, 0.15) is 23.8 Å². The molecule has 0 saturated heterocycles. The summed E-state index contributed by atoms with van der Waals surface area (Å²) in [6.07, 6.45) is 0. The van der Waals surface area contributed by atoms with Gasteiger partial charge in [0, 0.05) is 17.3 Å². The van der Waals surface area contributed by atoms with Crippen LogP contribution in [0.1, 0.15) is 43.2 Å². The highest BCUT2D eigenvalue weighted by Gasteiger charge is 2.14. The first-order chi connectivity index (χ1) is 17.2. The van der Waals surface area contributed by atoms with Crippen LogP contribution < -0.4 is 14.8 Å². The second kappa shape index (κ2) is 10.7. The molecule has 0 unspecified atom stereocenters. The van der Waals surface area contributed by atoms with E-state index in [2.05, 4.69) is 55.5 Å². The summed E-state index contributed by atoms with van der Waals surface area (Å²) in [6, 6.07) is 23.3. The van der Waals surface area contributed by atoms with Crippen LogP contribution in [0.4, 0.5) is 5.69 Å². The van der Waals surface area contributed by atoms with Gasteiger partial charge in [0.15, 0.2) is 12.4 Å². The molecule has 36 heavy (non-hydrogen) atoms. The molecule has 1 N–H and O–H groups in total. The Bertz CT molecular complexity index is 1300. The highest BCUT2D eigenvalue weighted by atomic mass is 16.5. The molecule has 0 radical (unpaired) electrons. The number of carbonyl (C=O) groups is 1. The molecule has 186 valence electrons. The van der Waals surface area contributed by atoms with Crippen molar-refractivity contribution in [2.75, 3.05) is 11.9 Å².